The molecule has 0 aliphatic heterocycles. The zero-order chi connectivity index (χ0) is 13.9. The molecule has 1 unspecified atom stereocenters. The molecule has 0 saturated heterocycles. The van der Waals surface area contributed by atoms with Crippen molar-refractivity contribution in [3.8, 4) is 0 Å². The molecular formula is C14H18N6. The average Bonchev–Trinajstić information content (AvgIpc) is 3.07. The highest BCUT2D eigenvalue weighted by Gasteiger charge is 2.15. The van der Waals surface area contributed by atoms with Crippen molar-refractivity contribution in [3.05, 3.63) is 54.1 Å². The van der Waals surface area contributed by atoms with Crippen LogP contribution in [-0.2, 0) is 13.5 Å². The van der Waals surface area contributed by atoms with E-state index in [9.17, 15) is 0 Å². The van der Waals surface area contributed by atoms with E-state index >= 15 is 0 Å². The third-order valence-electron chi connectivity index (χ3n) is 3.51. The first kappa shape index (κ1) is 12.8. The van der Waals surface area contributed by atoms with Gasteiger partial charge in [0.1, 0.15) is 0 Å². The highest BCUT2D eigenvalue weighted by molar-refractivity contribution is 5.54. The summed E-state index contributed by atoms with van der Waals surface area (Å²) in [6, 6.07) is 6.10. The molecule has 0 fully saturated rings. The van der Waals surface area contributed by atoms with Crippen LogP contribution in [0.5, 0.6) is 0 Å². The maximum Gasteiger partial charge on any atom is 0.0709 e. The van der Waals surface area contributed by atoms with E-state index in [2.05, 4.69) is 21.7 Å². The Morgan fingerprint density at radius 3 is 2.95 bits per heavy atom. The predicted octanol–water partition coefficient (Wildman–Crippen LogP) is 1.21. The summed E-state index contributed by atoms with van der Waals surface area (Å²) >= 11 is 0. The van der Waals surface area contributed by atoms with Gasteiger partial charge < -0.3 is 0 Å². The molecule has 104 valence electrons. The molecule has 6 heteroatoms. The van der Waals surface area contributed by atoms with Crippen molar-refractivity contribution in [2.24, 2.45) is 12.9 Å². The minimum absolute atomic E-state index is 0.0788. The molecule has 3 aromatic heterocycles. The van der Waals surface area contributed by atoms with E-state index in [1.54, 1.807) is 0 Å². The highest BCUT2D eigenvalue weighted by Crippen LogP contribution is 2.22. The molecule has 0 aliphatic carbocycles. The summed E-state index contributed by atoms with van der Waals surface area (Å²) in [6.45, 7) is 0. The molecule has 0 aromatic carbocycles. The molecule has 1 atom stereocenters. The Hall–Kier alpha value is -2.18. The number of hydrogen-bond acceptors (Lipinski definition) is 4. The Kier molecular flexibility index (Phi) is 3.49. The summed E-state index contributed by atoms with van der Waals surface area (Å²) < 4.78 is 3.68. The topological polar surface area (TPSA) is 73.2 Å². The van der Waals surface area contributed by atoms with Gasteiger partial charge in [0.25, 0.3) is 0 Å². The number of nitrogens with zero attached hydrogens (tertiary/aromatic N) is 4. The van der Waals surface area contributed by atoms with E-state index in [-0.39, 0.29) is 6.04 Å². The molecule has 0 spiro atoms. The van der Waals surface area contributed by atoms with Gasteiger partial charge in [0.05, 0.1) is 24.0 Å². The zero-order valence-electron chi connectivity index (χ0n) is 11.4. The molecule has 0 radical (unpaired) electrons. The molecule has 0 aliphatic rings. The SMILES string of the molecule is Cn1cc(CCC(NN)c2cnn3ccccc23)cn1. The molecule has 0 amide bonds. The van der Waals surface area contributed by atoms with Crippen molar-refractivity contribution < 1.29 is 0 Å². The zero-order valence-corrected chi connectivity index (χ0v) is 11.4. The summed E-state index contributed by atoms with van der Waals surface area (Å²) in [5, 5.41) is 8.53. The van der Waals surface area contributed by atoms with Crippen LogP contribution in [0.15, 0.2) is 43.0 Å². The predicted molar refractivity (Wildman–Crippen MR) is 76.8 cm³/mol. The lowest BCUT2D eigenvalue weighted by Crippen LogP contribution is -2.28. The van der Waals surface area contributed by atoms with Gasteiger partial charge in [-0.2, -0.15) is 10.2 Å². The number of pyridine rings is 1. The van der Waals surface area contributed by atoms with Gasteiger partial charge in [0.2, 0.25) is 0 Å². The third kappa shape index (κ3) is 2.43. The van der Waals surface area contributed by atoms with Gasteiger partial charge in [0, 0.05) is 25.0 Å². The molecule has 0 bridgehead atoms. The van der Waals surface area contributed by atoms with Crippen LogP contribution >= 0.6 is 0 Å². The second kappa shape index (κ2) is 5.44. The first-order chi connectivity index (χ1) is 9.78. The van der Waals surface area contributed by atoms with Gasteiger partial charge in [-0.1, -0.05) is 6.07 Å². The summed E-state index contributed by atoms with van der Waals surface area (Å²) in [5.74, 6) is 5.72. The molecule has 0 saturated carbocycles. The van der Waals surface area contributed by atoms with Crippen molar-refractivity contribution in [2.75, 3.05) is 0 Å². The fourth-order valence-corrected chi connectivity index (χ4v) is 2.46. The lowest BCUT2D eigenvalue weighted by molar-refractivity contribution is 0.519. The Labute approximate surface area is 117 Å². The van der Waals surface area contributed by atoms with Gasteiger partial charge in [-0.3, -0.25) is 16.0 Å². The minimum Gasteiger partial charge on any atom is -0.276 e. The average molecular weight is 270 g/mol. The first-order valence-electron chi connectivity index (χ1n) is 6.64. The van der Waals surface area contributed by atoms with E-state index in [1.165, 1.54) is 5.56 Å². The van der Waals surface area contributed by atoms with E-state index in [1.807, 2.05) is 53.2 Å². The lowest BCUT2D eigenvalue weighted by atomic mass is 10.0. The molecular weight excluding hydrogens is 252 g/mol. The van der Waals surface area contributed by atoms with Crippen molar-refractivity contribution in [1.29, 1.82) is 0 Å². The number of nitrogens with two attached hydrogens (primary N) is 1. The maximum atomic E-state index is 5.72. The second-order valence-corrected chi connectivity index (χ2v) is 4.91. The Bertz CT molecular complexity index is 698. The monoisotopic (exact) mass is 270 g/mol. The summed E-state index contributed by atoms with van der Waals surface area (Å²) in [7, 11) is 1.92. The smallest absolute Gasteiger partial charge is 0.0709 e. The largest absolute Gasteiger partial charge is 0.276 e. The van der Waals surface area contributed by atoms with E-state index in [0.717, 1.165) is 23.9 Å². The van der Waals surface area contributed by atoms with E-state index < -0.39 is 0 Å². The molecule has 3 rings (SSSR count). The van der Waals surface area contributed by atoms with Crippen molar-refractivity contribution in [2.45, 2.75) is 18.9 Å². The number of hydrazine groups is 1. The standard InChI is InChI=1S/C14H18N6/c1-19-10-11(8-16-19)5-6-13(18-15)12-9-17-20-7-3-2-4-14(12)20/h2-4,7-10,13,18H,5-6,15H2,1H3. The molecule has 20 heavy (non-hydrogen) atoms. The van der Waals surface area contributed by atoms with Gasteiger partial charge in [-0.25, -0.2) is 4.52 Å². The fourth-order valence-electron chi connectivity index (χ4n) is 2.46. The van der Waals surface area contributed by atoms with Crippen LogP contribution in [0.4, 0.5) is 0 Å². The van der Waals surface area contributed by atoms with Gasteiger partial charge in [0.15, 0.2) is 0 Å². The van der Waals surface area contributed by atoms with E-state index in [4.69, 9.17) is 5.84 Å². The van der Waals surface area contributed by atoms with Crippen LogP contribution < -0.4 is 11.3 Å². The molecule has 6 nitrogen and oxygen atoms in total. The fraction of sp³-hybridized carbons (Fsp3) is 0.286. The molecule has 3 heterocycles. The summed E-state index contributed by atoms with van der Waals surface area (Å²) in [5.41, 5.74) is 6.31. The van der Waals surface area contributed by atoms with Crippen LogP contribution in [0.2, 0.25) is 0 Å². The van der Waals surface area contributed by atoms with Crippen molar-refractivity contribution in [3.63, 3.8) is 0 Å². The van der Waals surface area contributed by atoms with Crippen molar-refractivity contribution >= 4 is 5.52 Å². The molecule has 3 aromatic rings. The maximum absolute atomic E-state index is 5.72. The highest BCUT2D eigenvalue weighted by atomic mass is 15.3. The Morgan fingerprint density at radius 2 is 2.20 bits per heavy atom. The second-order valence-electron chi connectivity index (χ2n) is 4.91. The summed E-state index contributed by atoms with van der Waals surface area (Å²) in [6.07, 6.45) is 9.56. The molecule has 3 N–H and O–H groups in total. The number of aromatic nitrogens is 4. The Morgan fingerprint density at radius 1 is 1.30 bits per heavy atom. The van der Waals surface area contributed by atoms with Crippen molar-refractivity contribution in [1.82, 2.24) is 24.8 Å². The third-order valence-corrected chi connectivity index (χ3v) is 3.51. The normalized spacial score (nSPS) is 12.9. The van der Waals surface area contributed by atoms with Gasteiger partial charge >= 0.3 is 0 Å². The summed E-state index contributed by atoms with van der Waals surface area (Å²) in [4.78, 5) is 0. The van der Waals surface area contributed by atoms with Crippen LogP contribution in [0.3, 0.4) is 0 Å². The number of fused-ring (bicyclic) bond motifs is 1. The van der Waals surface area contributed by atoms with Gasteiger partial charge in [-0.15, -0.1) is 0 Å². The van der Waals surface area contributed by atoms with Crippen LogP contribution in [0.25, 0.3) is 5.52 Å². The van der Waals surface area contributed by atoms with E-state index in [0.29, 0.717) is 0 Å². The first-order valence-corrected chi connectivity index (χ1v) is 6.64. The number of rotatable bonds is 5. The number of nitrogens with one attached hydrogen (secondary N) is 1. The van der Waals surface area contributed by atoms with Crippen LogP contribution in [0.1, 0.15) is 23.6 Å². The van der Waals surface area contributed by atoms with Crippen LogP contribution in [0, 0.1) is 0 Å². The Balaban J connectivity index is 1.79. The van der Waals surface area contributed by atoms with Gasteiger partial charge in [-0.05, 0) is 30.5 Å². The number of hydrogen-bond donors (Lipinski definition) is 2. The van der Waals surface area contributed by atoms with Crippen LogP contribution in [-0.4, -0.2) is 19.4 Å². The minimum atomic E-state index is 0.0788. The lowest BCUT2D eigenvalue weighted by Gasteiger charge is -2.14. The number of aryl methyl sites for hydroxylation is 2. The quantitative estimate of drug-likeness (QED) is 0.540.